The summed E-state index contributed by atoms with van der Waals surface area (Å²) in [4.78, 5) is 0. The molecule has 1 fully saturated rings. The summed E-state index contributed by atoms with van der Waals surface area (Å²) in [5.74, 6) is 0. The molecule has 1 aliphatic heterocycles. The molecule has 0 radical (unpaired) electrons. The molecule has 96 valence electrons. The lowest BCUT2D eigenvalue weighted by atomic mass is 9.99. The molecule has 0 aromatic carbocycles. The van der Waals surface area contributed by atoms with E-state index in [1.54, 1.807) is 0 Å². The Bertz CT molecular complexity index is 156. The van der Waals surface area contributed by atoms with Crippen molar-refractivity contribution in [2.45, 2.75) is 96.7 Å². The van der Waals surface area contributed by atoms with Crippen LogP contribution in [0.5, 0.6) is 0 Å². The van der Waals surface area contributed by atoms with Gasteiger partial charge in [-0.05, 0) is 25.7 Å². The van der Waals surface area contributed by atoms with Crippen LogP contribution in [0.4, 0.5) is 0 Å². The van der Waals surface area contributed by atoms with Gasteiger partial charge in [0.15, 0.2) is 0 Å². The van der Waals surface area contributed by atoms with Gasteiger partial charge in [0.1, 0.15) is 0 Å². The molecule has 0 aliphatic carbocycles. The summed E-state index contributed by atoms with van der Waals surface area (Å²) < 4.78 is 6.22. The van der Waals surface area contributed by atoms with Gasteiger partial charge in [-0.3, -0.25) is 0 Å². The van der Waals surface area contributed by atoms with Crippen molar-refractivity contribution in [1.29, 1.82) is 0 Å². The second-order valence-electron chi connectivity index (χ2n) is 5.28. The fourth-order valence-corrected chi connectivity index (χ4v) is 2.64. The van der Waals surface area contributed by atoms with E-state index in [0.29, 0.717) is 12.2 Å². The fourth-order valence-electron chi connectivity index (χ4n) is 2.64. The van der Waals surface area contributed by atoms with Gasteiger partial charge in [0.2, 0.25) is 0 Å². The molecule has 0 bridgehead atoms. The smallest absolute Gasteiger partial charge is 0.0578 e. The third-order valence-corrected chi connectivity index (χ3v) is 3.77. The number of ether oxygens (including phenoxy) is 1. The Morgan fingerprint density at radius 2 is 1.62 bits per heavy atom. The number of hydrogen-bond donors (Lipinski definition) is 0. The third-order valence-electron chi connectivity index (χ3n) is 3.77. The second kappa shape index (κ2) is 9.04. The monoisotopic (exact) mass is 226 g/mol. The highest BCUT2D eigenvalue weighted by atomic mass is 16.5. The van der Waals surface area contributed by atoms with E-state index in [0.717, 1.165) is 0 Å². The molecule has 0 unspecified atom stereocenters. The van der Waals surface area contributed by atoms with Crippen molar-refractivity contribution >= 4 is 0 Å². The lowest BCUT2D eigenvalue weighted by molar-refractivity contribution is -0.0356. The molecular formula is C15H30O. The van der Waals surface area contributed by atoms with Crippen molar-refractivity contribution in [1.82, 2.24) is 0 Å². The molecular weight excluding hydrogens is 196 g/mol. The normalized spacial score (nSPS) is 27.4. The highest BCUT2D eigenvalue weighted by Gasteiger charge is 2.17. The summed E-state index contributed by atoms with van der Waals surface area (Å²) in [7, 11) is 0. The van der Waals surface area contributed by atoms with Gasteiger partial charge in [0.25, 0.3) is 0 Å². The van der Waals surface area contributed by atoms with Crippen molar-refractivity contribution in [3.05, 3.63) is 0 Å². The van der Waals surface area contributed by atoms with Gasteiger partial charge in [0, 0.05) is 0 Å². The van der Waals surface area contributed by atoms with Crippen LogP contribution in [0, 0.1) is 0 Å². The van der Waals surface area contributed by atoms with Crippen LogP contribution in [-0.4, -0.2) is 12.2 Å². The standard InChI is InChI=1S/C15H30O/c1-3-5-6-8-12-15-13-10-7-9-11-14(4-2)16-15/h14-15H,3-13H2,1-2H3/t14-,15+/m0/s1. The first-order valence-corrected chi connectivity index (χ1v) is 7.52. The SMILES string of the molecule is CCCCCC[C@@H]1CCCCC[C@H](CC)O1. The van der Waals surface area contributed by atoms with E-state index in [2.05, 4.69) is 13.8 Å². The molecule has 0 spiro atoms. The first kappa shape index (κ1) is 14.0. The van der Waals surface area contributed by atoms with Gasteiger partial charge in [-0.25, -0.2) is 0 Å². The van der Waals surface area contributed by atoms with Gasteiger partial charge in [-0.1, -0.05) is 58.8 Å². The van der Waals surface area contributed by atoms with Gasteiger partial charge in [0.05, 0.1) is 12.2 Å². The minimum atomic E-state index is 0.552. The molecule has 0 aromatic heterocycles. The Hall–Kier alpha value is -0.0400. The highest BCUT2D eigenvalue weighted by molar-refractivity contribution is 4.67. The molecule has 1 nitrogen and oxygen atoms in total. The summed E-state index contributed by atoms with van der Waals surface area (Å²) in [6.07, 6.45) is 15.9. The molecule has 0 amide bonds. The van der Waals surface area contributed by atoms with E-state index < -0.39 is 0 Å². The number of unbranched alkanes of at least 4 members (excludes halogenated alkanes) is 3. The van der Waals surface area contributed by atoms with Gasteiger partial charge in [-0.15, -0.1) is 0 Å². The zero-order valence-electron chi connectivity index (χ0n) is 11.3. The van der Waals surface area contributed by atoms with Crippen molar-refractivity contribution < 1.29 is 4.74 Å². The zero-order valence-corrected chi connectivity index (χ0v) is 11.3. The van der Waals surface area contributed by atoms with Crippen LogP contribution in [0.15, 0.2) is 0 Å². The molecule has 1 heterocycles. The van der Waals surface area contributed by atoms with Crippen LogP contribution in [-0.2, 0) is 4.74 Å². The van der Waals surface area contributed by atoms with E-state index in [1.807, 2.05) is 0 Å². The summed E-state index contributed by atoms with van der Waals surface area (Å²) >= 11 is 0. The minimum absolute atomic E-state index is 0.552. The topological polar surface area (TPSA) is 9.23 Å². The third kappa shape index (κ3) is 5.89. The van der Waals surface area contributed by atoms with E-state index in [9.17, 15) is 0 Å². The number of rotatable bonds is 6. The van der Waals surface area contributed by atoms with E-state index >= 15 is 0 Å². The largest absolute Gasteiger partial charge is 0.375 e. The molecule has 2 atom stereocenters. The molecule has 1 heteroatoms. The quantitative estimate of drug-likeness (QED) is 0.574. The maximum atomic E-state index is 6.22. The average Bonchev–Trinajstić information content (AvgIpc) is 2.27. The maximum Gasteiger partial charge on any atom is 0.0578 e. The van der Waals surface area contributed by atoms with Gasteiger partial charge >= 0.3 is 0 Å². The van der Waals surface area contributed by atoms with Crippen molar-refractivity contribution in [2.75, 3.05) is 0 Å². The molecule has 0 aromatic rings. The average molecular weight is 226 g/mol. The van der Waals surface area contributed by atoms with Crippen LogP contribution in [0.2, 0.25) is 0 Å². The summed E-state index contributed by atoms with van der Waals surface area (Å²) in [6, 6.07) is 0. The van der Waals surface area contributed by atoms with Crippen molar-refractivity contribution in [3.63, 3.8) is 0 Å². The molecule has 0 saturated carbocycles. The van der Waals surface area contributed by atoms with Crippen LogP contribution in [0.3, 0.4) is 0 Å². The first-order chi connectivity index (χ1) is 7.86. The Morgan fingerprint density at radius 1 is 0.875 bits per heavy atom. The Labute approximate surface area is 102 Å². The Balaban J connectivity index is 2.20. The summed E-state index contributed by atoms with van der Waals surface area (Å²) in [5, 5.41) is 0. The molecule has 1 rings (SSSR count). The van der Waals surface area contributed by atoms with Gasteiger partial charge in [-0.2, -0.15) is 0 Å². The maximum absolute atomic E-state index is 6.22. The molecule has 1 aliphatic rings. The van der Waals surface area contributed by atoms with Crippen LogP contribution in [0.25, 0.3) is 0 Å². The molecule has 0 N–H and O–H groups in total. The predicted octanol–water partition coefficient (Wildman–Crippen LogP) is 5.08. The Kier molecular flexibility index (Phi) is 7.92. The summed E-state index contributed by atoms with van der Waals surface area (Å²) in [6.45, 7) is 4.54. The van der Waals surface area contributed by atoms with E-state index in [1.165, 1.54) is 70.6 Å². The first-order valence-electron chi connectivity index (χ1n) is 7.52. The minimum Gasteiger partial charge on any atom is -0.375 e. The predicted molar refractivity (Wildman–Crippen MR) is 70.8 cm³/mol. The van der Waals surface area contributed by atoms with Crippen molar-refractivity contribution in [2.24, 2.45) is 0 Å². The lowest BCUT2D eigenvalue weighted by Gasteiger charge is -2.27. The van der Waals surface area contributed by atoms with Crippen LogP contribution < -0.4 is 0 Å². The lowest BCUT2D eigenvalue weighted by Crippen LogP contribution is -2.23. The molecule has 1 saturated heterocycles. The fraction of sp³-hybridized carbons (Fsp3) is 1.00. The van der Waals surface area contributed by atoms with Crippen LogP contribution in [0.1, 0.15) is 84.5 Å². The highest BCUT2D eigenvalue weighted by Crippen LogP contribution is 2.23. The number of hydrogen-bond acceptors (Lipinski definition) is 1. The van der Waals surface area contributed by atoms with E-state index in [4.69, 9.17) is 4.74 Å². The zero-order chi connectivity index (χ0) is 11.6. The second-order valence-corrected chi connectivity index (χ2v) is 5.28. The van der Waals surface area contributed by atoms with E-state index in [-0.39, 0.29) is 0 Å². The Morgan fingerprint density at radius 3 is 2.31 bits per heavy atom. The molecule has 16 heavy (non-hydrogen) atoms. The van der Waals surface area contributed by atoms with Gasteiger partial charge < -0.3 is 4.74 Å². The summed E-state index contributed by atoms with van der Waals surface area (Å²) in [5.41, 5.74) is 0. The van der Waals surface area contributed by atoms with Crippen molar-refractivity contribution in [3.8, 4) is 0 Å². The van der Waals surface area contributed by atoms with Crippen LogP contribution >= 0.6 is 0 Å².